The molecule has 162 valence electrons. The molecule has 0 aromatic carbocycles. The summed E-state index contributed by atoms with van der Waals surface area (Å²) in [5.74, 6) is -7.30. The van der Waals surface area contributed by atoms with Gasteiger partial charge in [-0.25, -0.2) is 4.79 Å². The smallest absolute Gasteiger partial charge is 0.326 e. The molecule has 15 heteroatoms. The van der Waals surface area contributed by atoms with Crippen LogP contribution in [0.1, 0.15) is 19.3 Å². The third-order valence-corrected chi connectivity index (χ3v) is 3.26. The monoisotopic (exact) mass is 417 g/mol. The molecule has 0 heterocycles. The maximum atomic E-state index is 12.1. The zero-order valence-corrected chi connectivity index (χ0v) is 15.2. The number of amides is 6. The molecule has 0 aromatic rings. The quantitative estimate of drug-likeness (QED) is 0.141. The molecule has 0 spiro atoms. The standard InChI is InChI=1S/C14H23N7O8/c15-5(1-8(16)22)12(26)21-6(2-9(17)23)13(27)19-4-11(25)20-7(14(28)29)3-10(18)24/h5-7H,1-4,15H2,(H2,16,22)(H2,17,23)(H2,18,24)(H,19,27)(H,20,25)(H,21,26)(H,28,29). The van der Waals surface area contributed by atoms with Crippen molar-refractivity contribution < 1.29 is 38.7 Å². The van der Waals surface area contributed by atoms with E-state index in [1.807, 2.05) is 5.32 Å². The van der Waals surface area contributed by atoms with Gasteiger partial charge in [0.2, 0.25) is 35.4 Å². The Kier molecular flexibility index (Phi) is 10.3. The van der Waals surface area contributed by atoms with Gasteiger partial charge < -0.3 is 44.0 Å². The Bertz CT molecular complexity index is 695. The lowest BCUT2D eigenvalue weighted by atomic mass is 10.1. The van der Waals surface area contributed by atoms with Crippen LogP contribution in [0.2, 0.25) is 0 Å². The molecule has 15 nitrogen and oxygen atoms in total. The van der Waals surface area contributed by atoms with E-state index in [0.29, 0.717) is 0 Å². The highest BCUT2D eigenvalue weighted by molar-refractivity contribution is 5.96. The van der Waals surface area contributed by atoms with E-state index in [2.05, 4.69) is 10.6 Å². The molecule has 0 saturated heterocycles. The van der Waals surface area contributed by atoms with E-state index < -0.39 is 85.3 Å². The zero-order valence-electron chi connectivity index (χ0n) is 15.2. The van der Waals surface area contributed by atoms with Crippen LogP contribution >= 0.6 is 0 Å². The van der Waals surface area contributed by atoms with Gasteiger partial charge in [0.25, 0.3) is 0 Å². The number of carboxylic acids is 1. The van der Waals surface area contributed by atoms with E-state index >= 15 is 0 Å². The zero-order chi connectivity index (χ0) is 22.7. The minimum atomic E-state index is -1.61. The molecule has 0 aliphatic heterocycles. The van der Waals surface area contributed by atoms with Crippen LogP contribution in [-0.4, -0.2) is 71.2 Å². The van der Waals surface area contributed by atoms with Gasteiger partial charge >= 0.3 is 5.97 Å². The van der Waals surface area contributed by atoms with E-state index in [4.69, 9.17) is 28.0 Å². The number of carbonyl (C=O) groups is 7. The van der Waals surface area contributed by atoms with Crippen LogP contribution in [0, 0.1) is 0 Å². The van der Waals surface area contributed by atoms with Gasteiger partial charge in [-0.3, -0.25) is 28.8 Å². The lowest BCUT2D eigenvalue weighted by Gasteiger charge is -2.19. The van der Waals surface area contributed by atoms with Gasteiger partial charge in [-0.15, -0.1) is 0 Å². The lowest BCUT2D eigenvalue weighted by Crippen LogP contribution is -2.55. The second-order valence-corrected chi connectivity index (χ2v) is 5.86. The second-order valence-electron chi connectivity index (χ2n) is 5.86. The Morgan fingerprint density at radius 2 is 1.21 bits per heavy atom. The van der Waals surface area contributed by atoms with Gasteiger partial charge in [0.15, 0.2) is 0 Å². The van der Waals surface area contributed by atoms with Gasteiger partial charge in [-0.2, -0.15) is 0 Å². The Hall–Kier alpha value is -3.75. The van der Waals surface area contributed by atoms with Crippen LogP contribution < -0.4 is 38.9 Å². The second kappa shape index (κ2) is 11.9. The first kappa shape index (κ1) is 25.2. The van der Waals surface area contributed by atoms with Crippen molar-refractivity contribution in [1.82, 2.24) is 16.0 Å². The Morgan fingerprint density at radius 3 is 1.66 bits per heavy atom. The molecular formula is C14H23N7O8. The number of nitrogens with one attached hydrogen (secondary N) is 3. The number of nitrogens with two attached hydrogens (primary N) is 4. The summed E-state index contributed by atoms with van der Waals surface area (Å²) in [5.41, 5.74) is 20.2. The number of aliphatic carboxylic acids is 1. The maximum Gasteiger partial charge on any atom is 0.326 e. The van der Waals surface area contributed by atoms with Gasteiger partial charge in [-0.05, 0) is 0 Å². The molecule has 29 heavy (non-hydrogen) atoms. The molecule has 0 saturated carbocycles. The van der Waals surface area contributed by atoms with Crippen molar-refractivity contribution in [2.45, 2.75) is 37.4 Å². The SMILES string of the molecule is NC(=O)CC(N)C(=O)NC(CC(N)=O)C(=O)NCC(=O)NC(CC(N)=O)C(=O)O. The molecule has 3 unspecified atom stereocenters. The van der Waals surface area contributed by atoms with E-state index in [9.17, 15) is 33.6 Å². The lowest BCUT2D eigenvalue weighted by molar-refractivity contribution is -0.143. The molecule has 0 bridgehead atoms. The fourth-order valence-electron chi connectivity index (χ4n) is 1.94. The Morgan fingerprint density at radius 1 is 0.724 bits per heavy atom. The molecule has 0 rings (SSSR count). The van der Waals surface area contributed by atoms with Crippen molar-refractivity contribution in [1.29, 1.82) is 0 Å². The number of rotatable bonds is 13. The molecule has 12 N–H and O–H groups in total. The largest absolute Gasteiger partial charge is 0.480 e. The van der Waals surface area contributed by atoms with Crippen molar-refractivity contribution in [3.63, 3.8) is 0 Å². The molecule has 0 radical (unpaired) electrons. The predicted octanol–water partition coefficient (Wildman–Crippen LogP) is -5.89. The molecule has 0 aromatic heterocycles. The van der Waals surface area contributed by atoms with Crippen molar-refractivity contribution in [3.05, 3.63) is 0 Å². The van der Waals surface area contributed by atoms with Crippen LogP contribution in [0.3, 0.4) is 0 Å². The molecule has 0 aliphatic rings. The average molecular weight is 417 g/mol. The minimum absolute atomic E-state index is 0.518. The summed E-state index contributed by atoms with van der Waals surface area (Å²) < 4.78 is 0. The summed E-state index contributed by atoms with van der Waals surface area (Å²) in [6, 6.07) is -4.51. The number of carbonyl (C=O) groups excluding carboxylic acids is 6. The first-order valence-electron chi connectivity index (χ1n) is 8.04. The summed E-state index contributed by atoms with van der Waals surface area (Å²) >= 11 is 0. The molecule has 3 atom stereocenters. The van der Waals surface area contributed by atoms with Crippen LogP contribution in [-0.2, 0) is 33.6 Å². The van der Waals surface area contributed by atoms with Gasteiger partial charge in [0, 0.05) is 0 Å². The summed E-state index contributed by atoms with van der Waals surface area (Å²) in [6.07, 6.45) is -1.84. The fraction of sp³-hybridized carbons (Fsp3) is 0.500. The highest BCUT2D eigenvalue weighted by atomic mass is 16.4. The Balaban J connectivity index is 4.89. The van der Waals surface area contributed by atoms with Gasteiger partial charge in [0.05, 0.1) is 31.8 Å². The van der Waals surface area contributed by atoms with E-state index in [1.165, 1.54) is 0 Å². The van der Waals surface area contributed by atoms with Gasteiger partial charge in [-0.1, -0.05) is 0 Å². The highest BCUT2D eigenvalue weighted by Crippen LogP contribution is 1.96. The number of primary amides is 3. The Labute approximate surface area is 163 Å². The first-order valence-corrected chi connectivity index (χ1v) is 8.04. The van der Waals surface area contributed by atoms with Crippen LogP contribution in [0.15, 0.2) is 0 Å². The topological polar surface area (TPSA) is 280 Å². The summed E-state index contributed by atoms with van der Waals surface area (Å²) in [5, 5.41) is 15.0. The van der Waals surface area contributed by atoms with E-state index in [0.717, 1.165) is 0 Å². The number of hydrogen-bond acceptors (Lipinski definition) is 8. The normalized spacial score (nSPS) is 13.3. The van der Waals surface area contributed by atoms with Crippen LogP contribution in [0.5, 0.6) is 0 Å². The van der Waals surface area contributed by atoms with E-state index in [-0.39, 0.29) is 0 Å². The fourth-order valence-corrected chi connectivity index (χ4v) is 1.94. The molecule has 0 fully saturated rings. The average Bonchev–Trinajstić information content (AvgIpc) is 2.56. The number of hydrogen-bond donors (Lipinski definition) is 8. The summed E-state index contributed by atoms with van der Waals surface area (Å²) in [6.45, 7) is -0.750. The highest BCUT2D eigenvalue weighted by Gasteiger charge is 2.27. The third-order valence-electron chi connectivity index (χ3n) is 3.26. The maximum absolute atomic E-state index is 12.1. The molecule has 0 aliphatic carbocycles. The van der Waals surface area contributed by atoms with Crippen molar-refractivity contribution >= 4 is 41.4 Å². The predicted molar refractivity (Wildman–Crippen MR) is 93.9 cm³/mol. The van der Waals surface area contributed by atoms with Crippen LogP contribution in [0.4, 0.5) is 0 Å². The number of carboxylic acid groups (broad SMARTS) is 1. The minimum Gasteiger partial charge on any atom is -0.480 e. The van der Waals surface area contributed by atoms with E-state index in [1.54, 1.807) is 0 Å². The first-order chi connectivity index (χ1) is 13.3. The molecule has 6 amide bonds. The summed E-state index contributed by atoms with van der Waals surface area (Å²) in [7, 11) is 0. The van der Waals surface area contributed by atoms with Gasteiger partial charge in [0.1, 0.15) is 12.1 Å². The van der Waals surface area contributed by atoms with Crippen molar-refractivity contribution in [2.24, 2.45) is 22.9 Å². The van der Waals surface area contributed by atoms with Crippen LogP contribution in [0.25, 0.3) is 0 Å². The summed E-state index contributed by atoms with van der Waals surface area (Å²) in [4.78, 5) is 79.4. The third kappa shape index (κ3) is 10.9. The molecular weight excluding hydrogens is 394 g/mol. The van der Waals surface area contributed by atoms with Crippen molar-refractivity contribution in [3.8, 4) is 0 Å². The van der Waals surface area contributed by atoms with Crippen molar-refractivity contribution in [2.75, 3.05) is 6.54 Å².